The summed E-state index contributed by atoms with van der Waals surface area (Å²) in [5.74, 6) is 0.309. The number of carbonyl (C=O) groups is 1. The normalized spacial score (nSPS) is 10.6. The van der Waals surface area contributed by atoms with E-state index in [-0.39, 0.29) is 12.5 Å². The number of amides is 1. The maximum absolute atomic E-state index is 12.0. The van der Waals surface area contributed by atoms with Crippen LogP contribution in [-0.2, 0) is 11.3 Å². The van der Waals surface area contributed by atoms with Crippen LogP contribution in [-0.4, -0.2) is 17.5 Å². The van der Waals surface area contributed by atoms with Crippen LogP contribution in [0.4, 0.5) is 0 Å². The third-order valence-corrected chi connectivity index (χ3v) is 5.77. The van der Waals surface area contributed by atoms with Crippen molar-refractivity contribution >= 4 is 40.2 Å². The number of aromatic nitrogens is 1. The molecule has 1 amide bonds. The lowest BCUT2D eigenvalue weighted by molar-refractivity contribution is -0.123. The number of para-hydroxylation sites is 1. The van der Waals surface area contributed by atoms with Crippen LogP contribution in [0.5, 0.6) is 5.75 Å². The van der Waals surface area contributed by atoms with Crippen molar-refractivity contribution in [2.45, 2.75) is 13.5 Å². The number of thiophene rings is 1. The van der Waals surface area contributed by atoms with E-state index in [1.165, 1.54) is 0 Å². The van der Waals surface area contributed by atoms with E-state index in [2.05, 4.69) is 10.3 Å². The maximum atomic E-state index is 12.0. The van der Waals surface area contributed by atoms with Crippen LogP contribution in [0, 0.1) is 6.92 Å². The minimum atomic E-state index is -0.194. The summed E-state index contributed by atoms with van der Waals surface area (Å²) in [5.41, 5.74) is 0.940. The first-order valence-electron chi connectivity index (χ1n) is 7.27. The van der Waals surface area contributed by atoms with E-state index < -0.39 is 0 Å². The molecule has 1 N–H and O–H groups in total. The van der Waals surface area contributed by atoms with Crippen LogP contribution in [0.1, 0.15) is 10.6 Å². The lowest BCUT2D eigenvalue weighted by atomic mass is 10.3. The van der Waals surface area contributed by atoms with E-state index in [0.717, 1.165) is 20.5 Å². The van der Waals surface area contributed by atoms with Crippen LogP contribution >= 0.6 is 34.3 Å². The van der Waals surface area contributed by atoms with Gasteiger partial charge < -0.3 is 10.1 Å². The molecule has 3 aromatic rings. The SMILES string of the molecule is Cc1nc(-c2cccs2)sc1CNC(=O)COc1ccccc1Cl. The number of aryl methyl sites for hydroxylation is 1. The molecule has 1 aromatic carbocycles. The number of benzene rings is 1. The Labute approximate surface area is 153 Å². The number of ether oxygens (including phenoxy) is 1. The van der Waals surface area contributed by atoms with Gasteiger partial charge in [0.05, 0.1) is 22.1 Å². The highest BCUT2D eigenvalue weighted by Gasteiger charge is 2.12. The van der Waals surface area contributed by atoms with Crippen LogP contribution in [0.25, 0.3) is 9.88 Å². The first-order chi connectivity index (χ1) is 11.6. The van der Waals surface area contributed by atoms with E-state index in [0.29, 0.717) is 17.3 Å². The minimum Gasteiger partial charge on any atom is -0.482 e. The van der Waals surface area contributed by atoms with Crippen molar-refractivity contribution < 1.29 is 9.53 Å². The van der Waals surface area contributed by atoms with Gasteiger partial charge in [-0.2, -0.15) is 0 Å². The number of carbonyl (C=O) groups excluding carboxylic acids is 1. The fourth-order valence-electron chi connectivity index (χ4n) is 2.03. The standard InChI is InChI=1S/C17H15ClN2O2S2/c1-11-15(24-17(20-11)14-7-4-8-23-14)9-19-16(21)10-22-13-6-3-2-5-12(13)18/h2-8H,9-10H2,1H3,(H,19,21). The number of rotatable bonds is 6. The van der Waals surface area contributed by atoms with E-state index in [1.54, 1.807) is 34.8 Å². The van der Waals surface area contributed by atoms with Crippen LogP contribution in [0.2, 0.25) is 5.02 Å². The number of hydrogen-bond donors (Lipinski definition) is 1. The average molecular weight is 379 g/mol. The van der Waals surface area contributed by atoms with E-state index in [4.69, 9.17) is 16.3 Å². The predicted molar refractivity (Wildman–Crippen MR) is 99.0 cm³/mol. The Morgan fingerprint density at radius 1 is 1.29 bits per heavy atom. The molecule has 0 unspecified atom stereocenters. The molecule has 0 aliphatic carbocycles. The summed E-state index contributed by atoms with van der Waals surface area (Å²) < 4.78 is 5.43. The van der Waals surface area contributed by atoms with Crippen molar-refractivity contribution in [3.63, 3.8) is 0 Å². The third-order valence-electron chi connectivity index (χ3n) is 3.27. The minimum absolute atomic E-state index is 0.0701. The average Bonchev–Trinajstić information content (AvgIpc) is 3.22. The van der Waals surface area contributed by atoms with Gasteiger partial charge >= 0.3 is 0 Å². The lowest BCUT2D eigenvalue weighted by Gasteiger charge is -2.08. The maximum Gasteiger partial charge on any atom is 0.258 e. The zero-order chi connectivity index (χ0) is 16.9. The summed E-state index contributed by atoms with van der Waals surface area (Å²) in [6.07, 6.45) is 0. The van der Waals surface area contributed by atoms with Crippen molar-refractivity contribution in [3.05, 3.63) is 57.4 Å². The van der Waals surface area contributed by atoms with Gasteiger partial charge in [-0.1, -0.05) is 29.8 Å². The molecule has 7 heteroatoms. The molecule has 0 spiro atoms. The van der Waals surface area contributed by atoms with Gasteiger partial charge in [0.2, 0.25) is 0 Å². The Morgan fingerprint density at radius 2 is 2.12 bits per heavy atom. The first kappa shape index (κ1) is 17.0. The molecular weight excluding hydrogens is 364 g/mol. The van der Waals surface area contributed by atoms with E-state index in [9.17, 15) is 4.79 Å². The highest BCUT2D eigenvalue weighted by molar-refractivity contribution is 7.21. The van der Waals surface area contributed by atoms with Crippen molar-refractivity contribution in [2.24, 2.45) is 0 Å². The summed E-state index contributed by atoms with van der Waals surface area (Å²) in [5, 5.41) is 6.36. The molecule has 124 valence electrons. The van der Waals surface area contributed by atoms with Gasteiger partial charge in [-0.3, -0.25) is 4.79 Å². The van der Waals surface area contributed by atoms with Gasteiger partial charge in [0.25, 0.3) is 5.91 Å². The van der Waals surface area contributed by atoms with Gasteiger partial charge in [-0.15, -0.1) is 22.7 Å². The van der Waals surface area contributed by atoms with Crippen LogP contribution < -0.4 is 10.1 Å². The summed E-state index contributed by atoms with van der Waals surface area (Å²) in [4.78, 5) is 18.7. The van der Waals surface area contributed by atoms with E-state index in [1.807, 2.05) is 36.6 Å². The summed E-state index contributed by atoms with van der Waals surface area (Å²) in [7, 11) is 0. The van der Waals surface area contributed by atoms with Crippen LogP contribution in [0.3, 0.4) is 0 Å². The Balaban J connectivity index is 1.54. The number of halogens is 1. The predicted octanol–water partition coefficient (Wildman–Crippen LogP) is 4.53. The Bertz CT molecular complexity index is 831. The Kier molecular flexibility index (Phi) is 5.50. The van der Waals surface area contributed by atoms with Gasteiger partial charge in [0, 0.05) is 4.88 Å². The number of hydrogen-bond acceptors (Lipinski definition) is 5. The fraction of sp³-hybridized carbons (Fsp3) is 0.176. The molecule has 2 aromatic heterocycles. The quantitative estimate of drug-likeness (QED) is 0.685. The fourth-order valence-corrected chi connectivity index (χ4v) is 4.02. The largest absolute Gasteiger partial charge is 0.482 e. The van der Waals surface area contributed by atoms with Crippen molar-refractivity contribution in [3.8, 4) is 15.6 Å². The zero-order valence-corrected chi connectivity index (χ0v) is 15.3. The highest BCUT2D eigenvalue weighted by atomic mass is 35.5. The summed E-state index contributed by atoms with van der Waals surface area (Å²) in [6.45, 7) is 2.33. The van der Waals surface area contributed by atoms with Gasteiger partial charge in [-0.05, 0) is 30.5 Å². The second-order valence-electron chi connectivity index (χ2n) is 5.00. The topological polar surface area (TPSA) is 51.2 Å². The van der Waals surface area contributed by atoms with Crippen molar-refractivity contribution in [1.29, 1.82) is 0 Å². The molecule has 0 aliphatic heterocycles. The van der Waals surface area contributed by atoms with Gasteiger partial charge in [0.15, 0.2) is 6.61 Å². The number of thiazole rings is 1. The molecule has 0 radical (unpaired) electrons. The third kappa shape index (κ3) is 4.14. The molecular formula is C17H15ClN2O2S2. The van der Waals surface area contributed by atoms with E-state index >= 15 is 0 Å². The summed E-state index contributed by atoms with van der Waals surface area (Å²) >= 11 is 9.25. The van der Waals surface area contributed by atoms with Crippen LogP contribution in [0.15, 0.2) is 41.8 Å². The molecule has 0 atom stereocenters. The first-order valence-corrected chi connectivity index (χ1v) is 9.35. The lowest BCUT2D eigenvalue weighted by Crippen LogP contribution is -2.28. The Hall–Kier alpha value is -1.89. The van der Waals surface area contributed by atoms with Gasteiger partial charge in [0.1, 0.15) is 10.8 Å². The monoisotopic (exact) mass is 378 g/mol. The zero-order valence-electron chi connectivity index (χ0n) is 12.9. The molecule has 4 nitrogen and oxygen atoms in total. The smallest absolute Gasteiger partial charge is 0.258 e. The molecule has 0 saturated carbocycles. The molecule has 3 rings (SSSR count). The second kappa shape index (κ2) is 7.79. The van der Waals surface area contributed by atoms with Crippen molar-refractivity contribution in [2.75, 3.05) is 6.61 Å². The number of nitrogens with one attached hydrogen (secondary N) is 1. The molecule has 24 heavy (non-hydrogen) atoms. The molecule has 0 fully saturated rings. The molecule has 0 bridgehead atoms. The van der Waals surface area contributed by atoms with Gasteiger partial charge in [-0.25, -0.2) is 4.98 Å². The molecule has 0 aliphatic rings. The Morgan fingerprint density at radius 3 is 2.88 bits per heavy atom. The number of nitrogens with zero attached hydrogens (tertiary/aromatic N) is 1. The molecule has 0 saturated heterocycles. The second-order valence-corrected chi connectivity index (χ2v) is 7.44. The van der Waals surface area contributed by atoms with Crippen molar-refractivity contribution in [1.82, 2.24) is 10.3 Å². The molecule has 2 heterocycles. The summed E-state index contributed by atoms with van der Waals surface area (Å²) in [6, 6.07) is 11.1. The highest BCUT2D eigenvalue weighted by Crippen LogP contribution is 2.31.